The van der Waals surface area contributed by atoms with Gasteiger partial charge in [0.2, 0.25) is 5.91 Å². The number of amides is 1. The lowest BCUT2D eigenvalue weighted by Gasteiger charge is -2.15. The third-order valence-corrected chi connectivity index (χ3v) is 4.72. The summed E-state index contributed by atoms with van der Waals surface area (Å²) in [6, 6.07) is 14.1. The number of carbonyl (C=O) groups is 1. The summed E-state index contributed by atoms with van der Waals surface area (Å²) >= 11 is 0. The van der Waals surface area contributed by atoms with E-state index < -0.39 is 17.7 Å². The average Bonchev–Trinajstić information content (AvgIpc) is 2.74. The van der Waals surface area contributed by atoms with E-state index >= 15 is 0 Å². The first-order chi connectivity index (χ1) is 14.4. The van der Waals surface area contributed by atoms with Gasteiger partial charge in [0.05, 0.1) is 10.9 Å². The van der Waals surface area contributed by atoms with Crippen molar-refractivity contribution in [3.8, 4) is 5.75 Å². The van der Waals surface area contributed by atoms with Gasteiger partial charge in [0, 0.05) is 13.1 Å². The topological polar surface area (TPSA) is 103 Å². The number of hydrogen-bond donors (Lipinski definition) is 2. The first-order valence-corrected chi connectivity index (χ1v) is 9.77. The summed E-state index contributed by atoms with van der Waals surface area (Å²) in [7, 11) is 0. The Morgan fingerprint density at radius 2 is 1.90 bits per heavy atom. The SMILES string of the molecule is CCn1c(=O)c2ccccc2n(CC(=O)NCC(O)COc2cccc(C)c2)c1=O. The lowest BCUT2D eigenvalue weighted by atomic mass is 10.2. The van der Waals surface area contributed by atoms with Gasteiger partial charge in [0.1, 0.15) is 25.0 Å². The molecule has 0 aliphatic heterocycles. The molecule has 1 atom stereocenters. The van der Waals surface area contributed by atoms with E-state index in [-0.39, 0.29) is 31.8 Å². The predicted molar refractivity (Wildman–Crippen MR) is 114 cm³/mol. The Balaban J connectivity index is 1.66. The van der Waals surface area contributed by atoms with Crippen molar-refractivity contribution in [2.45, 2.75) is 33.0 Å². The first kappa shape index (κ1) is 21.3. The number of aliphatic hydroxyl groups is 1. The Bertz CT molecular complexity index is 1170. The molecule has 0 spiro atoms. The third kappa shape index (κ3) is 4.77. The van der Waals surface area contributed by atoms with Gasteiger partial charge in [0.15, 0.2) is 0 Å². The number of aryl methyl sites for hydroxylation is 1. The molecule has 0 aliphatic carbocycles. The molecule has 1 amide bonds. The second kappa shape index (κ2) is 9.41. The van der Waals surface area contributed by atoms with Gasteiger partial charge in [-0.15, -0.1) is 0 Å². The molecule has 3 rings (SSSR count). The van der Waals surface area contributed by atoms with Crippen LogP contribution >= 0.6 is 0 Å². The van der Waals surface area contributed by atoms with Crippen LogP contribution in [0.4, 0.5) is 0 Å². The minimum absolute atomic E-state index is 0.0212. The zero-order valence-corrected chi connectivity index (χ0v) is 17.0. The van der Waals surface area contributed by atoms with Crippen molar-refractivity contribution < 1.29 is 14.6 Å². The van der Waals surface area contributed by atoms with Crippen LogP contribution in [0.25, 0.3) is 10.9 Å². The largest absolute Gasteiger partial charge is 0.491 e. The van der Waals surface area contributed by atoms with E-state index in [0.29, 0.717) is 16.7 Å². The van der Waals surface area contributed by atoms with E-state index in [9.17, 15) is 19.5 Å². The fraction of sp³-hybridized carbons (Fsp3) is 0.318. The highest BCUT2D eigenvalue weighted by Crippen LogP contribution is 2.12. The number of benzene rings is 2. The van der Waals surface area contributed by atoms with Crippen molar-refractivity contribution in [2.24, 2.45) is 0 Å². The molecule has 0 radical (unpaired) electrons. The molecule has 1 heterocycles. The number of hydrogen-bond acceptors (Lipinski definition) is 5. The molecule has 158 valence electrons. The van der Waals surface area contributed by atoms with E-state index in [0.717, 1.165) is 10.1 Å². The number of fused-ring (bicyclic) bond motifs is 1. The molecule has 0 aliphatic rings. The fourth-order valence-corrected chi connectivity index (χ4v) is 3.19. The normalized spacial score (nSPS) is 12.0. The van der Waals surface area contributed by atoms with E-state index in [4.69, 9.17) is 4.74 Å². The first-order valence-electron chi connectivity index (χ1n) is 9.77. The van der Waals surface area contributed by atoms with Gasteiger partial charge in [-0.2, -0.15) is 0 Å². The van der Waals surface area contributed by atoms with Gasteiger partial charge in [-0.25, -0.2) is 4.79 Å². The Hall–Kier alpha value is -3.39. The van der Waals surface area contributed by atoms with E-state index in [2.05, 4.69) is 5.32 Å². The Labute approximate surface area is 173 Å². The smallest absolute Gasteiger partial charge is 0.331 e. The fourth-order valence-electron chi connectivity index (χ4n) is 3.19. The molecule has 1 aromatic heterocycles. The van der Waals surface area contributed by atoms with Gasteiger partial charge >= 0.3 is 5.69 Å². The van der Waals surface area contributed by atoms with Gasteiger partial charge in [-0.1, -0.05) is 24.3 Å². The molecule has 1 unspecified atom stereocenters. The van der Waals surface area contributed by atoms with E-state index in [1.807, 2.05) is 25.1 Å². The number of nitrogens with one attached hydrogen (secondary N) is 1. The zero-order valence-electron chi connectivity index (χ0n) is 17.0. The van der Waals surface area contributed by atoms with Gasteiger partial charge in [0.25, 0.3) is 5.56 Å². The highest BCUT2D eigenvalue weighted by atomic mass is 16.5. The van der Waals surface area contributed by atoms with Crippen LogP contribution in [0.2, 0.25) is 0 Å². The van der Waals surface area contributed by atoms with Crippen molar-refractivity contribution in [1.82, 2.24) is 14.5 Å². The van der Waals surface area contributed by atoms with Gasteiger partial charge < -0.3 is 15.2 Å². The molecule has 8 nitrogen and oxygen atoms in total. The molecule has 2 N–H and O–H groups in total. The highest BCUT2D eigenvalue weighted by molar-refractivity contribution is 5.81. The summed E-state index contributed by atoms with van der Waals surface area (Å²) in [4.78, 5) is 37.5. The number of rotatable bonds is 8. The maximum absolute atomic E-state index is 12.7. The Kier molecular flexibility index (Phi) is 6.68. The number of aromatic nitrogens is 2. The summed E-state index contributed by atoms with van der Waals surface area (Å²) in [6.07, 6.45) is -0.910. The average molecular weight is 411 g/mol. The lowest BCUT2D eigenvalue weighted by Crippen LogP contribution is -2.43. The second-order valence-electron chi connectivity index (χ2n) is 7.02. The molecule has 0 saturated carbocycles. The minimum atomic E-state index is -0.910. The molecule has 0 fully saturated rings. The van der Waals surface area contributed by atoms with E-state index in [1.54, 1.807) is 37.3 Å². The van der Waals surface area contributed by atoms with Crippen molar-refractivity contribution in [3.63, 3.8) is 0 Å². The van der Waals surface area contributed by atoms with Crippen molar-refractivity contribution in [3.05, 3.63) is 74.9 Å². The van der Waals surface area contributed by atoms with Crippen LogP contribution < -0.4 is 21.3 Å². The minimum Gasteiger partial charge on any atom is -0.491 e. The van der Waals surface area contributed by atoms with Crippen LogP contribution in [0.15, 0.2) is 58.1 Å². The van der Waals surface area contributed by atoms with E-state index in [1.165, 1.54) is 4.57 Å². The van der Waals surface area contributed by atoms with Crippen molar-refractivity contribution >= 4 is 16.8 Å². The highest BCUT2D eigenvalue weighted by Gasteiger charge is 2.15. The van der Waals surface area contributed by atoms with Gasteiger partial charge in [-0.05, 0) is 43.7 Å². The lowest BCUT2D eigenvalue weighted by molar-refractivity contribution is -0.122. The van der Waals surface area contributed by atoms with Crippen LogP contribution in [-0.4, -0.2) is 39.4 Å². The zero-order chi connectivity index (χ0) is 21.7. The van der Waals surface area contributed by atoms with Crippen molar-refractivity contribution in [1.29, 1.82) is 0 Å². The summed E-state index contributed by atoms with van der Waals surface area (Å²) in [5, 5.41) is 13.1. The monoisotopic (exact) mass is 411 g/mol. The second-order valence-corrected chi connectivity index (χ2v) is 7.02. The molecule has 3 aromatic rings. The molecule has 0 saturated heterocycles. The number of carbonyl (C=O) groups excluding carboxylic acids is 1. The number of aliphatic hydroxyl groups excluding tert-OH is 1. The molecular formula is C22H25N3O5. The maximum Gasteiger partial charge on any atom is 0.331 e. The maximum atomic E-state index is 12.7. The van der Waals surface area contributed by atoms with Crippen LogP contribution in [0.5, 0.6) is 5.75 Å². The number of nitrogens with zero attached hydrogens (tertiary/aromatic N) is 2. The molecule has 30 heavy (non-hydrogen) atoms. The summed E-state index contributed by atoms with van der Waals surface area (Å²) in [5.41, 5.74) is 0.523. The number of para-hydroxylation sites is 1. The molecule has 8 heteroatoms. The number of ether oxygens (including phenoxy) is 1. The third-order valence-electron chi connectivity index (χ3n) is 4.72. The summed E-state index contributed by atoms with van der Waals surface area (Å²) in [5.74, 6) is 0.193. The standard InChI is InChI=1S/C22H25N3O5/c1-3-24-21(28)18-9-4-5-10-19(18)25(22(24)29)13-20(27)23-12-16(26)14-30-17-8-6-7-15(2)11-17/h4-11,16,26H,3,12-14H2,1-2H3,(H,23,27). The van der Waals surface area contributed by atoms with Crippen LogP contribution in [0.3, 0.4) is 0 Å². The summed E-state index contributed by atoms with van der Waals surface area (Å²) < 4.78 is 7.89. The Morgan fingerprint density at radius 3 is 2.63 bits per heavy atom. The van der Waals surface area contributed by atoms with Crippen LogP contribution in [-0.2, 0) is 17.9 Å². The predicted octanol–water partition coefficient (Wildman–Crippen LogP) is 1.05. The summed E-state index contributed by atoms with van der Waals surface area (Å²) in [6.45, 7) is 3.59. The quantitative estimate of drug-likeness (QED) is 0.577. The molecule has 2 aromatic carbocycles. The van der Waals surface area contributed by atoms with Crippen molar-refractivity contribution in [2.75, 3.05) is 13.2 Å². The van der Waals surface area contributed by atoms with Gasteiger partial charge in [-0.3, -0.25) is 18.7 Å². The van der Waals surface area contributed by atoms with Crippen LogP contribution in [0, 0.1) is 6.92 Å². The molecular weight excluding hydrogens is 386 g/mol. The van der Waals surface area contributed by atoms with Crippen LogP contribution in [0.1, 0.15) is 12.5 Å². The molecule has 0 bridgehead atoms. The Morgan fingerprint density at radius 1 is 1.13 bits per heavy atom.